The molecule has 1 aromatic carbocycles. The summed E-state index contributed by atoms with van der Waals surface area (Å²) in [6, 6.07) is 7.13. The van der Waals surface area contributed by atoms with Crippen molar-refractivity contribution in [1.29, 1.82) is 0 Å². The number of nitrogens with zero attached hydrogens (tertiary/aromatic N) is 1. The van der Waals surface area contributed by atoms with Gasteiger partial charge in [-0.15, -0.1) is 0 Å². The topological polar surface area (TPSA) is 29.3 Å². The van der Waals surface area contributed by atoms with Crippen LogP contribution in [0.2, 0.25) is 0 Å². The molecule has 0 spiro atoms. The van der Waals surface area contributed by atoms with Gasteiger partial charge in [0.15, 0.2) is 0 Å². The predicted molar refractivity (Wildman–Crippen MR) is 68.0 cm³/mol. The Labute approximate surface area is 102 Å². The molecular weight excluding hydrogens is 215 g/mol. The number of rotatable bonds is 4. The zero-order chi connectivity index (χ0) is 12.3. The van der Waals surface area contributed by atoms with E-state index in [9.17, 15) is 4.39 Å². The molecule has 0 saturated carbocycles. The number of halogens is 1. The predicted octanol–water partition coefficient (Wildman–Crippen LogP) is 2.16. The molecule has 1 aliphatic rings. The van der Waals surface area contributed by atoms with Crippen LogP contribution in [0, 0.1) is 11.7 Å². The first kappa shape index (κ1) is 12.3. The quantitative estimate of drug-likeness (QED) is 0.809. The van der Waals surface area contributed by atoms with Gasteiger partial charge in [0.25, 0.3) is 0 Å². The van der Waals surface area contributed by atoms with Gasteiger partial charge in [0, 0.05) is 24.7 Å². The molecule has 2 N–H and O–H groups in total. The Morgan fingerprint density at radius 3 is 2.76 bits per heavy atom. The number of nitrogens with two attached hydrogens (primary N) is 1. The summed E-state index contributed by atoms with van der Waals surface area (Å²) in [6.07, 6.45) is 5.23. The molecule has 0 fully saturated rings. The number of hydrogen-bond donors (Lipinski definition) is 1. The Morgan fingerprint density at radius 2 is 2.12 bits per heavy atom. The normalized spacial score (nSPS) is 23.5. The lowest BCUT2D eigenvalue weighted by Gasteiger charge is -2.20. The second-order valence-corrected chi connectivity index (χ2v) is 4.83. The van der Waals surface area contributed by atoms with Gasteiger partial charge in [0.2, 0.25) is 0 Å². The lowest BCUT2D eigenvalue weighted by molar-refractivity contribution is 0.284. The van der Waals surface area contributed by atoms with Crippen LogP contribution in [0.15, 0.2) is 36.4 Å². The molecule has 0 saturated heterocycles. The van der Waals surface area contributed by atoms with Crippen molar-refractivity contribution >= 4 is 0 Å². The fourth-order valence-electron chi connectivity index (χ4n) is 2.32. The summed E-state index contributed by atoms with van der Waals surface area (Å²) in [6.45, 7) is 1.57. The maximum Gasteiger partial charge on any atom is 0.127 e. The van der Waals surface area contributed by atoms with Crippen molar-refractivity contribution in [1.82, 2.24) is 4.90 Å². The number of benzene rings is 1. The lowest BCUT2D eigenvalue weighted by Crippen LogP contribution is -2.26. The van der Waals surface area contributed by atoms with E-state index in [2.05, 4.69) is 17.1 Å². The van der Waals surface area contributed by atoms with Gasteiger partial charge in [-0.05, 0) is 25.5 Å². The molecule has 2 rings (SSSR count). The van der Waals surface area contributed by atoms with Gasteiger partial charge in [-0.3, -0.25) is 0 Å². The highest BCUT2D eigenvalue weighted by atomic mass is 19.1. The Kier molecular flexibility index (Phi) is 3.92. The van der Waals surface area contributed by atoms with E-state index in [1.807, 2.05) is 19.2 Å². The van der Waals surface area contributed by atoms with Crippen molar-refractivity contribution in [3.63, 3.8) is 0 Å². The summed E-state index contributed by atoms with van der Waals surface area (Å²) >= 11 is 0. The molecule has 2 nitrogen and oxygen atoms in total. The third-order valence-electron chi connectivity index (χ3n) is 3.15. The van der Waals surface area contributed by atoms with E-state index in [0.717, 1.165) is 18.5 Å². The van der Waals surface area contributed by atoms with Crippen molar-refractivity contribution in [2.45, 2.75) is 19.0 Å². The molecule has 0 aliphatic heterocycles. The maximum atomic E-state index is 13.5. The van der Waals surface area contributed by atoms with Gasteiger partial charge < -0.3 is 10.6 Å². The van der Waals surface area contributed by atoms with Crippen molar-refractivity contribution in [3.05, 3.63) is 47.8 Å². The van der Waals surface area contributed by atoms with Crippen LogP contribution < -0.4 is 5.73 Å². The van der Waals surface area contributed by atoms with Gasteiger partial charge in [-0.2, -0.15) is 0 Å². The minimum absolute atomic E-state index is 0.127. The van der Waals surface area contributed by atoms with E-state index < -0.39 is 0 Å². The van der Waals surface area contributed by atoms with Crippen LogP contribution >= 0.6 is 0 Å². The molecule has 0 bridgehead atoms. The van der Waals surface area contributed by atoms with E-state index >= 15 is 0 Å². The molecule has 1 aromatic rings. The fraction of sp³-hybridized carbons (Fsp3) is 0.429. The Morgan fingerprint density at radius 1 is 1.35 bits per heavy atom. The summed E-state index contributed by atoms with van der Waals surface area (Å²) in [5, 5.41) is 0. The molecular formula is C14H19FN2. The molecule has 17 heavy (non-hydrogen) atoms. The van der Waals surface area contributed by atoms with E-state index in [1.165, 1.54) is 6.07 Å². The molecule has 0 radical (unpaired) electrons. The Balaban J connectivity index is 1.87. The van der Waals surface area contributed by atoms with E-state index in [0.29, 0.717) is 12.5 Å². The zero-order valence-electron chi connectivity index (χ0n) is 10.1. The second-order valence-electron chi connectivity index (χ2n) is 4.83. The van der Waals surface area contributed by atoms with E-state index in [4.69, 9.17) is 5.73 Å². The highest BCUT2D eigenvalue weighted by molar-refractivity contribution is 5.17. The summed E-state index contributed by atoms with van der Waals surface area (Å²) in [5.74, 6) is 0.375. The van der Waals surface area contributed by atoms with Gasteiger partial charge >= 0.3 is 0 Å². The van der Waals surface area contributed by atoms with Crippen LogP contribution in [0.25, 0.3) is 0 Å². The first-order chi connectivity index (χ1) is 8.15. The first-order valence-corrected chi connectivity index (χ1v) is 6.01. The molecule has 1 aliphatic carbocycles. The molecule has 0 aromatic heterocycles. The van der Waals surface area contributed by atoms with Crippen LogP contribution in [-0.4, -0.2) is 24.5 Å². The van der Waals surface area contributed by atoms with Crippen molar-refractivity contribution in [2.24, 2.45) is 11.7 Å². The smallest absolute Gasteiger partial charge is 0.127 e. The van der Waals surface area contributed by atoms with Gasteiger partial charge in [0.05, 0.1) is 0 Å². The minimum atomic E-state index is -0.127. The third kappa shape index (κ3) is 3.38. The Bertz CT molecular complexity index is 403. The monoisotopic (exact) mass is 234 g/mol. The van der Waals surface area contributed by atoms with Gasteiger partial charge in [-0.25, -0.2) is 4.39 Å². The zero-order valence-corrected chi connectivity index (χ0v) is 10.1. The Hall–Kier alpha value is -1.19. The van der Waals surface area contributed by atoms with Crippen LogP contribution in [0.1, 0.15) is 12.0 Å². The van der Waals surface area contributed by atoms with Gasteiger partial charge in [-0.1, -0.05) is 30.4 Å². The molecule has 0 heterocycles. The first-order valence-electron chi connectivity index (χ1n) is 6.01. The fourth-order valence-corrected chi connectivity index (χ4v) is 2.32. The van der Waals surface area contributed by atoms with Crippen LogP contribution in [0.4, 0.5) is 4.39 Å². The summed E-state index contributed by atoms with van der Waals surface area (Å²) < 4.78 is 13.5. The molecule has 3 heteroatoms. The number of hydrogen-bond acceptors (Lipinski definition) is 2. The third-order valence-corrected chi connectivity index (χ3v) is 3.15. The van der Waals surface area contributed by atoms with Crippen molar-refractivity contribution in [2.75, 3.05) is 13.6 Å². The molecule has 2 atom stereocenters. The van der Waals surface area contributed by atoms with E-state index in [1.54, 1.807) is 6.07 Å². The van der Waals surface area contributed by atoms with E-state index in [-0.39, 0.29) is 11.9 Å². The van der Waals surface area contributed by atoms with Gasteiger partial charge in [0.1, 0.15) is 5.82 Å². The summed E-state index contributed by atoms with van der Waals surface area (Å²) in [7, 11) is 2.02. The molecule has 0 amide bonds. The van der Waals surface area contributed by atoms with Crippen LogP contribution in [0.5, 0.6) is 0 Å². The highest BCUT2D eigenvalue weighted by Gasteiger charge is 2.17. The van der Waals surface area contributed by atoms with Crippen molar-refractivity contribution < 1.29 is 4.39 Å². The molecule has 2 unspecified atom stereocenters. The highest BCUT2D eigenvalue weighted by Crippen LogP contribution is 2.18. The van der Waals surface area contributed by atoms with Crippen LogP contribution in [0.3, 0.4) is 0 Å². The lowest BCUT2D eigenvalue weighted by atomic mass is 10.1. The second kappa shape index (κ2) is 5.43. The summed E-state index contributed by atoms with van der Waals surface area (Å²) in [4.78, 5) is 2.14. The largest absolute Gasteiger partial charge is 0.324 e. The summed E-state index contributed by atoms with van der Waals surface area (Å²) in [5.41, 5.74) is 6.56. The average Bonchev–Trinajstić information content (AvgIpc) is 2.67. The van der Waals surface area contributed by atoms with Crippen molar-refractivity contribution in [3.8, 4) is 0 Å². The SMILES string of the molecule is CN(Cc1ccccc1F)CC1C=CC(N)C1. The minimum Gasteiger partial charge on any atom is -0.324 e. The average molecular weight is 234 g/mol. The standard InChI is InChI=1S/C14H19FN2/c1-17(9-11-6-7-13(16)8-11)10-12-4-2-3-5-14(12)15/h2-7,11,13H,8-10,16H2,1H3. The van der Waals surface area contributed by atoms with Crippen LogP contribution in [-0.2, 0) is 6.54 Å². The molecule has 92 valence electrons. The maximum absolute atomic E-state index is 13.5.